The summed E-state index contributed by atoms with van der Waals surface area (Å²) in [7, 11) is 0. The van der Waals surface area contributed by atoms with Crippen molar-refractivity contribution in [2.45, 2.75) is 0 Å². The van der Waals surface area contributed by atoms with E-state index in [1.165, 1.54) is 23.4 Å². The predicted octanol–water partition coefficient (Wildman–Crippen LogP) is 1.18. The third-order valence-electron chi connectivity index (χ3n) is 1.81. The van der Waals surface area contributed by atoms with Gasteiger partial charge in [-0.15, -0.1) is 0 Å². The van der Waals surface area contributed by atoms with Gasteiger partial charge in [0.25, 0.3) is 5.91 Å². The van der Waals surface area contributed by atoms with Gasteiger partial charge in [-0.05, 0) is 15.9 Å². The van der Waals surface area contributed by atoms with Crippen molar-refractivity contribution in [3.63, 3.8) is 0 Å². The molecule has 6 nitrogen and oxygen atoms in total. The first-order chi connectivity index (χ1) is 7.59. The van der Waals surface area contributed by atoms with Crippen molar-refractivity contribution in [3.8, 4) is 5.82 Å². The maximum Gasteiger partial charge on any atom is 0.251 e. The fraction of sp³-hybridized carbons (Fsp3) is 0. The van der Waals surface area contributed by atoms with Crippen LogP contribution in [0.25, 0.3) is 5.82 Å². The summed E-state index contributed by atoms with van der Waals surface area (Å²) in [4.78, 5) is 18.7. The Morgan fingerprint density at radius 2 is 2.25 bits per heavy atom. The summed E-state index contributed by atoms with van der Waals surface area (Å²) in [6, 6.07) is 0. The molecule has 0 atom stereocenters. The molecular weight excluding hydrogens is 297 g/mol. The Labute approximate surface area is 104 Å². The van der Waals surface area contributed by atoms with Crippen LogP contribution in [0.15, 0.2) is 23.2 Å². The molecule has 2 heterocycles. The average Bonchev–Trinajstić information content (AvgIpc) is 2.71. The van der Waals surface area contributed by atoms with E-state index in [9.17, 15) is 4.79 Å². The van der Waals surface area contributed by atoms with Crippen molar-refractivity contribution in [2.24, 2.45) is 5.73 Å². The number of halogens is 2. The Kier molecular flexibility index (Phi) is 2.88. The highest BCUT2D eigenvalue weighted by molar-refractivity contribution is 9.10. The van der Waals surface area contributed by atoms with Crippen LogP contribution >= 0.6 is 27.5 Å². The molecule has 0 aliphatic carbocycles. The molecule has 0 saturated carbocycles. The number of primary amides is 1. The Bertz CT molecular complexity index is 555. The van der Waals surface area contributed by atoms with Gasteiger partial charge in [0.1, 0.15) is 11.5 Å². The molecule has 8 heteroatoms. The second-order valence-electron chi connectivity index (χ2n) is 2.84. The SMILES string of the molecule is NC(=O)c1cnn(-c2ncnc(Cl)c2Br)c1. The van der Waals surface area contributed by atoms with E-state index in [2.05, 4.69) is 31.0 Å². The Morgan fingerprint density at radius 3 is 2.88 bits per heavy atom. The zero-order valence-electron chi connectivity index (χ0n) is 7.76. The van der Waals surface area contributed by atoms with E-state index in [0.717, 1.165) is 0 Å². The quantitative estimate of drug-likeness (QED) is 0.844. The van der Waals surface area contributed by atoms with E-state index < -0.39 is 5.91 Å². The molecule has 0 saturated heterocycles. The van der Waals surface area contributed by atoms with Gasteiger partial charge < -0.3 is 5.73 Å². The Hall–Kier alpha value is -1.47. The van der Waals surface area contributed by atoms with Crippen molar-refractivity contribution in [3.05, 3.63) is 33.9 Å². The highest BCUT2D eigenvalue weighted by atomic mass is 79.9. The van der Waals surface area contributed by atoms with Crippen LogP contribution in [0.5, 0.6) is 0 Å². The number of hydrogen-bond acceptors (Lipinski definition) is 4. The molecular formula is C8H5BrClN5O. The zero-order chi connectivity index (χ0) is 11.7. The average molecular weight is 303 g/mol. The van der Waals surface area contributed by atoms with Crippen molar-refractivity contribution >= 4 is 33.4 Å². The first-order valence-corrected chi connectivity index (χ1v) is 5.27. The fourth-order valence-electron chi connectivity index (χ4n) is 1.07. The number of nitrogens with zero attached hydrogens (tertiary/aromatic N) is 4. The summed E-state index contributed by atoms with van der Waals surface area (Å²) in [6.07, 6.45) is 4.12. The molecule has 0 aromatic carbocycles. The third-order valence-corrected chi connectivity index (χ3v) is 3.06. The van der Waals surface area contributed by atoms with Crippen LogP contribution in [0.3, 0.4) is 0 Å². The minimum atomic E-state index is -0.553. The number of amides is 1. The van der Waals surface area contributed by atoms with E-state index in [1.54, 1.807) is 0 Å². The first-order valence-electron chi connectivity index (χ1n) is 4.10. The molecule has 0 bridgehead atoms. The zero-order valence-corrected chi connectivity index (χ0v) is 10.1. The molecule has 0 fully saturated rings. The number of aromatic nitrogens is 4. The Balaban J connectivity index is 2.50. The summed E-state index contributed by atoms with van der Waals surface area (Å²) in [5.74, 6) is -0.116. The lowest BCUT2D eigenvalue weighted by Gasteiger charge is -2.02. The maximum absolute atomic E-state index is 10.9. The van der Waals surface area contributed by atoms with Crippen LogP contribution in [0.4, 0.5) is 0 Å². The van der Waals surface area contributed by atoms with Gasteiger partial charge in [-0.25, -0.2) is 14.6 Å². The van der Waals surface area contributed by atoms with E-state index in [4.69, 9.17) is 17.3 Å². The van der Waals surface area contributed by atoms with Crippen LogP contribution in [-0.4, -0.2) is 25.7 Å². The van der Waals surface area contributed by atoms with Gasteiger partial charge >= 0.3 is 0 Å². The molecule has 0 aliphatic heterocycles. The molecule has 1 amide bonds. The summed E-state index contributed by atoms with van der Waals surface area (Å²) in [5, 5.41) is 4.21. The molecule has 2 aromatic rings. The number of carbonyl (C=O) groups excluding carboxylic acids is 1. The monoisotopic (exact) mass is 301 g/mol. The van der Waals surface area contributed by atoms with Gasteiger partial charge in [0.15, 0.2) is 5.82 Å². The number of rotatable bonds is 2. The van der Waals surface area contributed by atoms with E-state index in [0.29, 0.717) is 15.9 Å². The lowest BCUT2D eigenvalue weighted by molar-refractivity contribution is 0.100. The number of carbonyl (C=O) groups is 1. The third kappa shape index (κ3) is 1.91. The van der Waals surface area contributed by atoms with Crippen LogP contribution in [-0.2, 0) is 0 Å². The normalized spacial score (nSPS) is 10.4. The number of hydrogen-bond donors (Lipinski definition) is 1. The van der Waals surface area contributed by atoms with Gasteiger partial charge in [-0.3, -0.25) is 4.79 Å². The van der Waals surface area contributed by atoms with Gasteiger partial charge in [-0.1, -0.05) is 11.6 Å². The fourth-order valence-corrected chi connectivity index (χ4v) is 1.58. The van der Waals surface area contributed by atoms with Crippen molar-refractivity contribution in [1.29, 1.82) is 0 Å². The predicted molar refractivity (Wildman–Crippen MR) is 60.4 cm³/mol. The van der Waals surface area contributed by atoms with Crippen molar-refractivity contribution < 1.29 is 4.79 Å². The minimum absolute atomic E-state index is 0.265. The molecule has 82 valence electrons. The highest BCUT2D eigenvalue weighted by Gasteiger charge is 2.11. The van der Waals surface area contributed by atoms with Gasteiger partial charge in [-0.2, -0.15) is 5.10 Å². The van der Waals surface area contributed by atoms with E-state index >= 15 is 0 Å². The van der Waals surface area contributed by atoms with Crippen molar-refractivity contribution in [2.75, 3.05) is 0 Å². The highest BCUT2D eigenvalue weighted by Crippen LogP contribution is 2.24. The molecule has 16 heavy (non-hydrogen) atoms. The van der Waals surface area contributed by atoms with Crippen LogP contribution in [0, 0.1) is 0 Å². The van der Waals surface area contributed by atoms with Crippen LogP contribution in [0.1, 0.15) is 10.4 Å². The second kappa shape index (κ2) is 4.18. The first kappa shape index (κ1) is 11.0. The summed E-state index contributed by atoms with van der Waals surface area (Å²) >= 11 is 9.03. The largest absolute Gasteiger partial charge is 0.366 e. The topological polar surface area (TPSA) is 86.7 Å². The van der Waals surface area contributed by atoms with Gasteiger partial charge in [0.2, 0.25) is 0 Å². The molecule has 0 unspecified atom stereocenters. The molecule has 0 aliphatic rings. The summed E-state index contributed by atoms with van der Waals surface area (Å²) in [5.41, 5.74) is 5.40. The summed E-state index contributed by atoms with van der Waals surface area (Å²) in [6.45, 7) is 0. The molecule has 2 rings (SSSR count). The molecule has 2 aromatic heterocycles. The maximum atomic E-state index is 10.9. The van der Waals surface area contributed by atoms with Crippen LogP contribution in [0.2, 0.25) is 5.15 Å². The molecule has 0 spiro atoms. The van der Waals surface area contributed by atoms with E-state index in [-0.39, 0.29) is 5.15 Å². The lowest BCUT2D eigenvalue weighted by atomic mass is 10.3. The molecule has 0 radical (unpaired) electrons. The second-order valence-corrected chi connectivity index (χ2v) is 3.99. The smallest absolute Gasteiger partial charge is 0.251 e. The number of nitrogens with two attached hydrogens (primary N) is 1. The minimum Gasteiger partial charge on any atom is -0.366 e. The standard InChI is InChI=1S/C8H5BrClN5O/c9-5-6(10)12-3-13-8(5)15-2-4(1-14-15)7(11)16/h1-3H,(H2,11,16). The Morgan fingerprint density at radius 1 is 1.50 bits per heavy atom. The van der Waals surface area contributed by atoms with Crippen LogP contribution < -0.4 is 5.73 Å². The van der Waals surface area contributed by atoms with Gasteiger partial charge in [0.05, 0.1) is 16.2 Å². The summed E-state index contributed by atoms with van der Waals surface area (Å²) < 4.78 is 1.88. The van der Waals surface area contributed by atoms with Crippen molar-refractivity contribution in [1.82, 2.24) is 19.7 Å². The van der Waals surface area contributed by atoms with E-state index in [1.807, 2.05) is 0 Å². The lowest BCUT2D eigenvalue weighted by Crippen LogP contribution is -2.09. The van der Waals surface area contributed by atoms with Gasteiger partial charge in [0, 0.05) is 6.20 Å². The molecule has 2 N–H and O–H groups in total.